The molecule has 1 aliphatic heterocycles. The topological polar surface area (TPSA) is 49.4 Å². The summed E-state index contributed by atoms with van der Waals surface area (Å²) in [6.07, 6.45) is 1.91. The zero-order chi connectivity index (χ0) is 18.7. The van der Waals surface area contributed by atoms with Gasteiger partial charge in [0, 0.05) is 11.4 Å². The Morgan fingerprint density at radius 1 is 1.15 bits per heavy atom. The van der Waals surface area contributed by atoms with E-state index in [0.29, 0.717) is 37.6 Å². The van der Waals surface area contributed by atoms with Crippen LogP contribution in [0.2, 0.25) is 0 Å². The Balaban J connectivity index is 1.50. The molecule has 2 amide bonds. The van der Waals surface area contributed by atoms with Gasteiger partial charge in [0.15, 0.2) is 0 Å². The third-order valence-electron chi connectivity index (χ3n) is 6.72. The van der Waals surface area contributed by atoms with Gasteiger partial charge in [-0.2, -0.15) is 13.2 Å². The fourth-order valence-electron chi connectivity index (χ4n) is 6.29. The molecule has 1 saturated heterocycles. The molecule has 4 aliphatic carbocycles. The fraction of sp³-hybridized carbons (Fsp3) is 0.889. The number of likely N-dealkylation sites (tertiary alicyclic amines) is 1. The van der Waals surface area contributed by atoms with Gasteiger partial charge in [0.05, 0.1) is 5.41 Å². The summed E-state index contributed by atoms with van der Waals surface area (Å²) in [4.78, 5) is 26.9. The molecule has 0 aromatic carbocycles. The normalized spacial score (nSPS) is 41.5. The van der Waals surface area contributed by atoms with Crippen LogP contribution in [0.1, 0.15) is 51.4 Å². The van der Waals surface area contributed by atoms with Crippen molar-refractivity contribution in [2.24, 2.45) is 17.3 Å². The molecule has 26 heavy (non-hydrogen) atoms. The zero-order valence-electron chi connectivity index (χ0n) is 14.6. The molecule has 0 spiro atoms. The second kappa shape index (κ2) is 6.01. The van der Waals surface area contributed by atoms with Crippen LogP contribution in [0.25, 0.3) is 0 Å². The molecular formula is C18H24ClF3N2O2. The van der Waals surface area contributed by atoms with Crippen LogP contribution in [0.4, 0.5) is 13.2 Å². The highest BCUT2D eigenvalue weighted by Crippen LogP contribution is 2.64. The van der Waals surface area contributed by atoms with Gasteiger partial charge in [-0.25, -0.2) is 0 Å². The summed E-state index contributed by atoms with van der Waals surface area (Å²) in [6, 6.07) is -0.788. The average molecular weight is 393 g/mol. The van der Waals surface area contributed by atoms with E-state index < -0.39 is 30.1 Å². The minimum atomic E-state index is -4.45. The number of nitrogens with zero attached hydrogens (tertiary/aromatic N) is 1. The van der Waals surface area contributed by atoms with E-state index >= 15 is 0 Å². The Morgan fingerprint density at radius 3 is 2.38 bits per heavy atom. The van der Waals surface area contributed by atoms with Gasteiger partial charge in [0.1, 0.15) is 12.6 Å². The van der Waals surface area contributed by atoms with Crippen molar-refractivity contribution in [2.45, 2.75) is 68.5 Å². The molecule has 0 aromatic heterocycles. The molecule has 0 unspecified atom stereocenters. The van der Waals surface area contributed by atoms with Crippen molar-refractivity contribution in [2.75, 3.05) is 13.1 Å². The smallest absolute Gasteiger partial charge is 0.345 e. The van der Waals surface area contributed by atoms with Gasteiger partial charge in [-0.15, -0.1) is 11.6 Å². The van der Waals surface area contributed by atoms with Gasteiger partial charge in [-0.1, -0.05) is 0 Å². The van der Waals surface area contributed by atoms with E-state index in [9.17, 15) is 22.8 Å². The van der Waals surface area contributed by atoms with E-state index in [2.05, 4.69) is 0 Å². The summed E-state index contributed by atoms with van der Waals surface area (Å²) in [5.41, 5.74) is -0.515. The van der Waals surface area contributed by atoms with Gasteiger partial charge in [0.2, 0.25) is 11.8 Å². The Labute approximate surface area is 155 Å². The third-order valence-corrected chi connectivity index (χ3v) is 7.16. The summed E-state index contributed by atoms with van der Waals surface area (Å²) in [7, 11) is 0. The van der Waals surface area contributed by atoms with Gasteiger partial charge in [-0.3, -0.25) is 9.59 Å². The van der Waals surface area contributed by atoms with Crippen LogP contribution in [-0.2, 0) is 9.59 Å². The lowest BCUT2D eigenvalue weighted by Gasteiger charge is -2.59. The number of rotatable bonds is 3. The molecule has 4 saturated carbocycles. The number of nitrogens with one attached hydrogen (secondary N) is 1. The third kappa shape index (κ3) is 3.20. The quantitative estimate of drug-likeness (QED) is 0.750. The van der Waals surface area contributed by atoms with Crippen LogP contribution >= 0.6 is 11.6 Å². The number of alkyl halides is 4. The molecule has 146 valence electrons. The number of hydrogen-bond donors (Lipinski definition) is 1. The first kappa shape index (κ1) is 18.4. The van der Waals surface area contributed by atoms with Crippen molar-refractivity contribution >= 4 is 23.4 Å². The van der Waals surface area contributed by atoms with E-state index in [1.54, 1.807) is 4.90 Å². The molecule has 5 rings (SSSR count). The standard InChI is InChI=1S/C18H24ClF3N2O2/c19-17-7-11-4-12(8-17)6-16(5-11,9-17)15(26)24-3-1-2-13(24)14(25)23-10-18(20,21)22/h11-13H,1-10H2,(H,23,25)/t11-,12-,13+,16?,17?/m1/s1. The maximum Gasteiger partial charge on any atom is 0.405 e. The molecule has 1 N–H and O–H groups in total. The van der Waals surface area contributed by atoms with E-state index in [-0.39, 0.29) is 10.8 Å². The maximum absolute atomic E-state index is 13.4. The molecule has 5 aliphatic rings. The lowest BCUT2D eigenvalue weighted by molar-refractivity contribution is -0.160. The molecule has 5 fully saturated rings. The largest absolute Gasteiger partial charge is 0.405 e. The number of amides is 2. The molecule has 0 radical (unpaired) electrons. The molecule has 8 heteroatoms. The summed E-state index contributed by atoms with van der Waals surface area (Å²) in [6.45, 7) is -0.917. The van der Waals surface area contributed by atoms with Gasteiger partial charge >= 0.3 is 6.18 Å². The second-order valence-electron chi connectivity index (χ2n) is 8.88. The summed E-state index contributed by atoms with van der Waals surface area (Å²) in [5.74, 6) is 0.162. The minimum absolute atomic E-state index is 0.0544. The predicted molar refractivity (Wildman–Crippen MR) is 89.5 cm³/mol. The van der Waals surface area contributed by atoms with Crippen molar-refractivity contribution in [3.63, 3.8) is 0 Å². The van der Waals surface area contributed by atoms with Crippen LogP contribution in [-0.4, -0.2) is 46.9 Å². The molecule has 1 heterocycles. The van der Waals surface area contributed by atoms with Crippen LogP contribution in [0.15, 0.2) is 0 Å². The van der Waals surface area contributed by atoms with Gasteiger partial charge < -0.3 is 10.2 Å². The Hall–Kier alpha value is -0.980. The highest BCUT2D eigenvalue weighted by Gasteiger charge is 2.61. The van der Waals surface area contributed by atoms with E-state index in [4.69, 9.17) is 11.6 Å². The molecule has 4 bridgehead atoms. The highest BCUT2D eigenvalue weighted by atomic mass is 35.5. The van der Waals surface area contributed by atoms with E-state index in [1.165, 1.54) is 0 Å². The first-order valence-corrected chi connectivity index (χ1v) is 9.82. The van der Waals surface area contributed by atoms with Crippen molar-refractivity contribution in [1.82, 2.24) is 10.2 Å². The fourth-order valence-corrected chi connectivity index (χ4v) is 6.99. The number of halogens is 4. The Kier molecular flexibility index (Phi) is 4.25. The number of hydrogen-bond acceptors (Lipinski definition) is 2. The predicted octanol–water partition coefficient (Wildman–Crippen LogP) is 3.23. The number of carbonyl (C=O) groups excluding carboxylic acids is 2. The van der Waals surface area contributed by atoms with Crippen LogP contribution < -0.4 is 5.32 Å². The zero-order valence-corrected chi connectivity index (χ0v) is 15.3. The van der Waals surface area contributed by atoms with Crippen LogP contribution in [0, 0.1) is 17.3 Å². The van der Waals surface area contributed by atoms with Gasteiger partial charge in [-0.05, 0) is 63.2 Å². The van der Waals surface area contributed by atoms with Crippen LogP contribution in [0.5, 0.6) is 0 Å². The van der Waals surface area contributed by atoms with Crippen molar-refractivity contribution < 1.29 is 22.8 Å². The monoisotopic (exact) mass is 392 g/mol. The molecule has 4 nitrogen and oxygen atoms in total. The Bertz CT molecular complexity index is 610. The SMILES string of the molecule is O=C(NCC(F)(F)F)[C@@H]1CCCN1C(=O)C12C[C@H]3C[C@@H](CC(Cl)(C3)C1)C2. The minimum Gasteiger partial charge on any atom is -0.345 e. The summed E-state index contributed by atoms with van der Waals surface area (Å²) < 4.78 is 37.2. The first-order chi connectivity index (χ1) is 12.1. The highest BCUT2D eigenvalue weighted by molar-refractivity contribution is 6.24. The van der Waals surface area contributed by atoms with E-state index in [1.807, 2.05) is 5.32 Å². The summed E-state index contributed by atoms with van der Waals surface area (Å²) >= 11 is 6.80. The van der Waals surface area contributed by atoms with Crippen molar-refractivity contribution in [3.8, 4) is 0 Å². The average Bonchev–Trinajstić information content (AvgIpc) is 2.98. The maximum atomic E-state index is 13.4. The molecule has 0 aromatic rings. The summed E-state index contributed by atoms with van der Waals surface area (Å²) in [5, 5.41) is 1.95. The van der Waals surface area contributed by atoms with Crippen molar-refractivity contribution in [1.29, 1.82) is 0 Å². The van der Waals surface area contributed by atoms with Crippen molar-refractivity contribution in [3.05, 3.63) is 0 Å². The van der Waals surface area contributed by atoms with Crippen LogP contribution in [0.3, 0.4) is 0 Å². The second-order valence-corrected chi connectivity index (χ2v) is 9.68. The van der Waals surface area contributed by atoms with E-state index in [0.717, 1.165) is 32.1 Å². The lowest BCUT2D eigenvalue weighted by atomic mass is 9.49. The van der Waals surface area contributed by atoms with Gasteiger partial charge in [0.25, 0.3) is 0 Å². The Morgan fingerprint density at radius 2 is 1.81 bits per heavy atom. The number of carbonyl (C=O) groups is 2. The molecular weight excluding hydrogens is 369 g/mol. The first-order valence-electron chi connectivity index (χ1n) is 9.44. The molecule has 3 atom stereocenters. The lowest BCUT2D eigenvalue weighted by Crippen LogP contribution is -2.60.